The molecule has 0 radical (unpaired) electrons. The Hall–Kier alpha value is -2.38. The number of nitrogens with one attached hydrogen (secondary N) is 1. The Balaban J connectivity index is 1.94. The topological polar surface area (TPSA) is 74.7 Å². The molecule has 1 unspecified atom stereocenters. The van der Waals surface area contributed by atoms with E-state index in [0.29, 0.717) is 17.3 Å². The number of nitriles is 1. The predicted molar refractivity (Wildman–Crippen MR) is 78.0 cm³/mol. The number of anilines is 1. The van der Waals surface area contributed by atoms with Gasteiger partial charge in [-0.2, -0.15) is 5.26 Å². The van der Waals surface area contributed by atoms with Gasteiger partial charge in [0.05, 0.1) is 5.56 Å². The van der Waals surface area contributed by atoms with Crippen molar-refractivity contribution in [3.05, 3.63) is 58.8 Å². The number of rotatable bonds is 2. The van der Waals surface area contributed by atoms with Crippen LogP contribution in [0, 0.1) is 11.3 Å². The summed E-state index contributed by atoms with van der Waals surface area (Å²) in [7, 11) is 0. The normalized spacial score (nSPS) is 17.1. The maximum absolute atomic E-state index is 9.15. The van der Waals surface area contributed by atoms with E-state index in [0.717, 1.165) is 25.0 Å². The first-order valence-electron chi connectivity index (χ1n) is 6.76. The van der Waals surface area contributed by atoms with Crippen LogP contribution in [-0.2, 0) is 12.8 Å². The molecule has 20 heavy (non-hydrogen) atoms. The SMILES string of the molecule is N#Cc1cc2c(nc1NN)CCC(c1ccccc1)C2. The van der Waals surface area contributed by atoms with Crippen molar-refractivity contribution in [3.63, 3.8) is 0 Å². The van der Waals surface area contributed by atoms with E-state index in [9.17, 15) is 0 Å². The molecule has 100 valence electrons. The third-order valence-corrected chi connectivity index (χ3v) is 3.92. The number of aryl methyl sites for hydroxylation is 1. The van der Waals surface area contributed by atoms with E-state index in [1.165, 1.54) is 11.1 Å². The van der Waals surface area contributed by atoms with E-state index < -0.39 is 0 Å². The number of aromatic nitrogens is 1. The van der Waals surface area contributed by atoms with E-state index in [2.05, 4.69) is 40.7 Å². The molecule has 0 saturated heterocycles. The highest BCUT2D eigenvalue weighted by Crippen LogP contribution is 2.33. The second-order valence-corrected chi connectivity index (χ2v) is 5.10. The minimum absolute atomic E-state index is 0.476. The number of hydrogen-bond donors (Lipinski definition) is 2. The summed E-state index contributed by atoms with van der Waals surface area (Å²) >= 11 is 0. The minimum atomic E-state index is 0.476. The first kappa shape index (κ1) is 12.6. The summed E-state index contributed by atoms with van der Waals surface area (Å²) < 4.78 is 0. The average molecular weight is 264 g/mol. The monoisotopic (exact) mass is 264 g/mol. The van der Waals surface area contributed by atoms with E-state index >= 15 is 0 Å². The molecule has 0 amide bonds. The molecule has 2 aromatic rings. The minimum Gasteiger partial charge on any atom is -0.307 e. The molecule has 0 fully saturated rings. The number of fused-ring (bicyclic) bond motifs is 1. The van der Waals surface area contributed by atoms with Gasteiger partial charge in [-0.05, 0) is 42.4 Å². The highest BCUT2D eigenvalue weighted by Gasteiger charge is 2.22. The molecule has 1 heterocycles. The maximum atomic E-state index is 9.15. The fourth-order valence-electron chi connectivity index (χ4n) is 2.87. The summed E-state index contributed by atoms with van der Waals surface area (Å²) in [5.41, 5.74) is 6.61. The van der Waals surface area contributed by atoms with Crippen molar-refractivity contribution in [2.45, 2.75) is 25.2 Å². The van der Waals surface area contributed by atoms with Gasteiger partial charge in [0.2, 0.25) is 0 Å². The van der Waals surface area contributed by atoms with Crippen molar-refractivity contribution in [2.24, 2.45) is 5.84 Å². The molecule has 3 N–H and O–H groups in total. The number of nitrogen functional groups attached to an aromatic ring is 1. The molecule has 1 aromatic carbocycles. The Kier molecular flexibility index (Phi) is 3.36. The zero-order valence-corrected chi connectivity index (χ0v) is 11.1. The lowest BCUT2D eigenvalue weighted by Crippen LogP contribution is -2.18. The Morgan fingerprint density at radius 3 is 2.80 bits per heavy atom. The summed E-state index contributed by atoms with van der Waals surface area (Å²) in [6, 6.07) is 14.6. The molecule has 1 aliphatic rings. The molecule has 0 saturated carbocycles. The van der Waals surface area contributed by atoms with Gasteiger partial charge in [0.15, 0.2) is 5.82 Å². The van der Waals surface area contributed by atoms with Gasteiger partial charge in [0.25, 0.3) is 0 Å². The Bertz CT molecular complexity index is 658. The second-order valence-electron chi connectivity index (χ2n) is 5.10. The lowest BCUT2D eigenvalue weighted by atomic mass is 9.82. The summed E-state index contributed by atoms with van der Waals surface area (Å²) in [5.74, 6) is 6.40. The van der Waals surface area contributed by atoms with E-state index in [1.54, 1.807) is 0 Å². The molecule has 4 nitrogen and oxygen atoms in total. The van der Waals surface area contributed by atoms with Crippen molar-refractivity contribution in [1.82, 2.24) is 4.98 Å². The Morgan fingerprint density at radius 2 is 2.10 bits per heavy atom. The number of pyridine rings is 1. The zero-order chi connectivity index (χ0) is 13.9. The van der Waals surface area contributed by atoms with Crippen LogP contribution in [-0.4, -0.2) is 4.98 Å². The van der Waals surface area contributed by atoms with Gasteiger partial charge in [-0.25, -0.2) is 10.8 Å². The number of hydrogen-bond acceptors (Lipinski definition) is 4. The number of nitrogens with two attached hydrogens (primary N) is 1. The van der Waals surface area contributed by atoms with Gasteiger partial charge in [-0.3, -0.25) is 0 Å². The standard InChI is InChI=1S/C16H16N4/c17-10-14-9-13-8-12(11-4-2-1-3-5-11)6-7-15(13)19-16(14)20-18/h1-5,9,12H,6-8,18H2,(H,19,20). The van der Waals surface area contributed by atoms with Crippen LogP contribution in [0.4, 0.5) is 5.82 Å². The van der Waals surface area contributed by atoms with E-state index in [-0.39, 0.29) is 0 Å². The largest absolute Gasteiger partial charge is 0.307 e. The quantitative estimate of drug-likeness (QED) is 0.645. The summed E-state index contributed by atoms with van der Waals surface area (Å²) in [6.45, 7) is 0. The summed E-state index contributed by atoms with van der Waals surface area (Å²) in [4.78, 5) is 4.47. The lowest BCUT2D eigenvalue weighted by molar-refractivity contribution is 0.574. The fourth-order valence-corrected chi connectivity index (χ4v) is 2.87. The molecule has 0 bridgehead atoms. The van der Waals surface area contributed by atoms with Crippen LogP contribution in [0.1, 0.15) is 34.7 Å². The second kappa shape index (κ2) is 5.32. The lowest BCUT2D eigenvalue weighted by Gasteiger charge is -2.25. The van der Waals surface area contributed by atoms with E-state index in [4.69, 9.17) is 11.1 Å². The average Bonchev–Trinajstić information content (AvgIpc) is 2.53. The van der Waals surface area contributed by atoms with Crippen LogP contribution >= 0.6 is 0 Å². The Labute approximate surface area is 118 Å². The van der Waals surface area contributed by atoms with Crippen LogP contribution in [0.15, 0.2) is 36.4 Å². The van der Waals surface area contributed by atoms with Crippen LogP contribution in [0.5, 0.6) is 0 Å². The first-order chi connectivity index (χ1) is 9.81. The predicted octanol–water partition coefficient (Wildman–Crippen LogP) is 2.51. The molecule has 1 aliphatic carbocycles. The number of benzene rings is 1. The molecular weight excluding hydrogens is 248 g/mol. The van der Waals surface area contributed by atoms with Gasteiger partial charge >= 0.3 is 0 Å². The molecule has 4 heteroatoms. The third-order valence-electron chi connectivity index (χ3n) is 3.92. The van der Waals surface area contributed by atoms with Gasteiger partial charge in [-0.1, -0.05) is 30.3 Å². The van der Waals surface area contributed by atoms with E-state index in [1.807, 2.05) is 12.1 Å². The summed E-state index contributed by atoms with van der Waals surface area (Å²) in [6.07, 6.45) is 2.95. The van der Waals surface area contributed by atoms with Gasteiger partial charge in [-0.15, -0.1) is 0 Å². The molecule has 0 spiro atoms. The smallest absolute Gasteiger partial charge is 0.158 e. The highest BCUT2D eigenvalue weighted by molar-refractivity contribution is 5.54. The molecule has 1 aromatic heterocycles. The first-order valence-corrected chi connectivity index (χ1v) is 6.76. The van der Waals surface area contributed by atoms with Gasteiger partial charge in [0, 0.05) is 5.69 Å². The fraction of sp³-hybridized carbons (Fsp3) is 0.250. The third kappa shape index (κ3) is 2.24. The van der Waals surface area contributed by atoms with Crippen molar-refractivity contribution in [3.8, 4) is 6.07 Å². The zero-order valence-electron chi connectivity index (χ0n) is 11.1. The summed E-state index contributed by atoms with van der Waals surface area (Å²) in [5, 5.41) is 9.15. The highest BCUT2D eigenvalue weighted by atomic mass is 15.2. The van der Waals surface area contributed by atoms with Crippen molar-refractivity contribution in [1.29, 1.82) is 5.26 Å². The van der Waals surface area contributed by atoms with Crippen LogP contribution in [0.25, 0.3) is 0 Å². The van der Waals surface area contributed by atoms with Gasteiger partial charge < -0.3 is 5.43 Å². The molecule has 3 rings (SSSR count). The molecular formula is C16H16N4. The van der Waals surface area contributed by atoms with Crippen molar-refractivity contribution in [2.75, 3.05) is 5.43 Å². The van der Waals surface area contributed by atoms with Crippen molar-refractivity contribution < 1.29 is 0 Å². The van der Waals surface area contributed by atoms with Gasteiger partial charge in [0.1, 0.15) is 6.07 Å². The maximum Gasteiger partial charge on any atom is 0.158 e. The molecule has 1 atom stereocenters. The van der Waals surface area contributed by atoms with Crippen LogP contribution in [0.3, 0.4) is 0 Å². The van der Waals surface area contributed by atoms with Crippen molar-refractivity contribution >= 4 is 5.82 Å². The number of nitrogens with zero attached hydrogens (tertiary/aromatic N) is 2. The van der Waals surface area contributed by atoms with Crippen LogP contribution < -0.4 is 11.3 Å². The Morgan fingerprint density at radius 1 is 1.30 bits per heavy atom. The number of hydrazine groups is 1. The molecule has 0 aliphatic heterocycles. The van der Waals surface area contributed by atoms with Crippen LogP contribution in [0.2, 0.25) is 0 Å².